The fraction of sp³-hybridized carbons (Fsp3) is 0.500. The third-order valence-electron chi connectivity index (χ3n) is 4.83. The van der Waals surface area contributed by atoms with E-state index in [2.05, 4.69) is 0 Å². The van der Waals surface area contributed by atoms with Gasteiger partial charge in [-0.3, -0.25) is 9.59 Å². The van der Waals surface area contributed by atoms with Gasteiger partial charge in [0.1, 0.15) is 5.60 Å². The van der Waals surface area contributed by atoms with Crippen LogP contribution in [0.3, 0.4) is 0 Å². The van der Waals surface area contributed by atoms with Crippen molar-refractivity contribution in [2.45, 2.75) is 52.2 Å². The van der Waals surface area contributed by atoms with Gasteiger partial charge < -0.3 is 9.64 Å². The summed E-state index contributed by atoms with van der Waals surface area (Å²) >= 11 is 0. The van der Waals surface area contributed by atoms with Crippen molar-refractivity contribution in [3.8, 4) is 0 Å². The Balaban J connectivity index is 1.75. The van der Waals surface area contributed by atoms with Crippen LogP contribution in [-0.4, -0.2) is 28.9 Å². The summed E-state index contributed by atoms with van der Waals surface area (Å²) in [7, 11) is 0. The van der Waals surface area contributed by atoms with E-state index in [1.807, 2.05) is 62.9 Å². The van der Waals surface area contributed by atoms with Gasteiger partial charge in [-0.15, -0.1) is 0 Å². The Kier molecular flexibility index (Phi) is 4.02. The van der Waals surface area contributed by atoms with E-state index in [9.17, 15) is 9.59 Å². The topological polar surface area (TPSA) is 46.6 Å². The Morgan fingerprint density at radius 3 is 2.38 bits per heavy atom. The van der Waals surface area contributed by atoms with Crippen LogP contribution in [0.1, 0.15) is 52.1 Å². The van der Waals surface area contributed by atoms with E-state index in [4.69, 9.17) is 4.74 Å². The summed E-state index contributed by atoms with van der Waals surface area (Å²) < 4.78 is 5.58. The molecule has 0 saturated heterocycles. The third kappa shape index (κ3) is 3.10. The molecule has 0 unspecified atom stereocenters. The maximum absolute atomic E-state index is 12.6. The van der Waals surface area contributed by atoms with Crippen LogP contribution in [0, 0.1) is 5.41 Å². The highest BCUT2D eigenvalue weighted by atomic mass is 16.6. The minimum absolute atomic E-state index is 0.0121. The van der Waals surface area contributed by atoms with Crippen molar-refractivity contribution in [1.29, 1.82) is 0 Å². The van der Waals surface area contributed by atoms with E-state index in [0.29, 0.717) is 6.54 Å². The number of amides is 1. The van der Waals surface area contributed by atoms with Gasteiger partial charge in [0.15, 0.2) is 0 Å². The summed E-state index contributed by atoms with van der Waals surface area (Å²) in [6.07, 6.45) is 3.19. The predicted octanol–water partition coefficient (Wildman–Crippen LogP) is 3.64. The lowest BCUT2D eigenvalue weighted by molar-refractivity contribution is -0.160. The number of hydrogen-bond acceptors (Lipinski definition) is 3. The van der Waals surface area contributed by atoms with Crippen molar-refractivity contribution in [3.05, 3.63) is 47.5 Å². The van der Waals surface area contributed by atoms with Gasteiger partial charge in [0.25, 0.3) is 0 Å². The first-order valence-corrected chi connectivity index (χ1v) is 8.53. The summed E-state index contributed by atoms with van der Waals surface area (Å²) in [6.45, 7) is 8.15. The minimum atomic E-state index is -0.575. The second-order valence-corrected chi connectivity index (χ2v) is 7.81. The molecule has 4 heteroatoms. The number of nitrogens with zero attached hydrogens (tertiary/aromatic N) is 1. The van der Waals surface area contributed by atoms with E-state index in [-0.39, 0.29) is 17.9 Å². The molecule has 1 aliphatic carbocycles. The van der Waals surface area contributed by atoms with Crippen LogP contribution < -0.4 is 0 Å². The Labute approximate surface area is 143 Å². The maximum Gasteiger partial charge on any atom is 0.316 e. The number of ether oxygens (including phenoxy) is 1. The number of carbonyl (C=O) groups excluding carboxylic acids is 2. The Morgan fingerprint density at radius 2 is 1.83 bits per heavy atom. The van der Waals surface area contributed by atoms with E-state index in [0.717, 1.165) is 24.0 Å². The second-order valence-electron chi connectivity index (χ2n) is 7.81. The molecule has 1 aliphatic heterocycles. The number of esters is 1. The summed E-state index contributed by atoms with van der Waals surface area (Å²) in [4.78, 5) is 26.9. The zero-order valence-corrected chi connectivity index (χ0v) is 14.8. The highest BCUT2D eigenvalue weighted by Crippen LogP contribution is 2.55. The van der Waals surface area contributed by atoms with Crippen molar-refractivity contribution in [3.63, 3.8) is 0 Å². The Morgan fingerprint density at radius 1 is 1.21 bits per heavy atom. The van der Waals surface area contributed by atoms with Crippen LogP contribution in [0.25, 0.3) is 0 Å². The monoisotopic (exact) mass is 327 g/mol. The molecule has 1 aromatic carbocycles. The van der Waals surface area contributed by atoms with Gasteiger partial charge in [0, 0.05) is 12.6 Å². The molecule has 1 fully saturated rings. The third-order valence-corrected chi connectivity index (χ3v) is 4.83. The molecule has 1 amide bonds. The molecule has 3 rings (SSSR count). The zero-order valence-electron chi connectivity index (χ0n) is 14.8. The average molecular weight is 327 g/mol. The largest absolute Gasteiger partial charge is 0.459 e. The highest BCUT2D eigenvalue weighted by Gasteiger charge is 2.56. The fourth-order valence-corrected chi connectivity index (χ4v) is 3.22. The number of hydrogen-bond donors (Lipinski definition) is 0. The number of benzene rings is 1. The van der Waals surface area contributed by atoms with Crippen LogP contribution in [0.2, 0.25) is 0 Å². The van der Waals surface area contributed by atoms with Gasteiger partial charge in [0.05, 0.1) is 11.5 Å². The molecule has 1 aromatic rings. The van der Waals surface area contributed by atoms with Gasteiger partial charge in [-0.2, -0.15) is 0 Å². The van der Waals surface area contributed by atoms with Gasteiger partial charge in [-0.1, -0.05) is 30.3 Å². The number of carbonyl (C=O) groups is 2. The van der Waals surface area contributed by atoms with Crippen molar-refractivity contribution < 1.29 is 14.3 Å². The van der Waals surface area contributed by atoms with Gasteiger partial charge >= 0.3 is 5.97 Å². The molecule has 2 aliphatic rings. The molecule has 24 heavy (non-hydrogen) atoms. The molecule has 4 nitrogen and oxygen atoms in total. The summed E-state index contributed by atoms with van der Waals surface area (Å²) in [5, 5.41) is 0. The van der Waals surface area contributed by atoms with Crippen LogP contribution in [0.4, 0.5) is 0 Å². The van der Waals surface area contributed by atoms with Crippen LogP contribution in [0.15, 0.2) is 42.0 Å². The lowest BCUT2D eigenvalue weighted by atomic mass is 9.96. The molecule has 0 N–H and O–H groups in total. The smallest absolute Gasteiger partial charge is 0.316 e. The summed E-state index contributed by atoms with van der Waals surface area (Å²) in [6, 6.07) is 9.95. The first-order chi connectivity index (χ1) is 11.2. The van der Waals surface area contributed by atoms with Crippen molar-refractivity contribution >= 4 is 11.9 Å². The second kappa shape index (κ2) is 5.76. The Hall–Kier alpha value is -2.10. The molecular weight excluding hydrogens is 302 g/mol. The summed E-state index contributed by atoms with van der Waals surface area (Å²) in [5.41, 5.74) is 0.924. The number of rotatable bonds is 4. The molecule has 1 saturated carbocycles. The lowest BCUT2D eigenvalue weighted by Gasteiger charge is -2.28. The van der Waals surface area contributed by atoms with E-state index >= 15 is 0 Å². The molecule has 1 atom stereocenters. The fourth-order valence-electron chi connectivity index (χ4n) is 3.22. The molecular formula is C20H25NO3. The van der Waals surface area contributed by atoms with E-state index in [1.165, 1.54) is 0 Å². The highest BCUT2D eigenvalue weighted by molar-refractivity contribution is 5.95. The molecule has 0 bridgehead atoms. The molecule has 1 heterocycles. The minimum Gasteiger partial charge on any atom is -0.459 e. The normalized spacial score (nSPS) is 20.6. The molecule has 128 valence electrons. The molecule has 0 aromatic heterocycles. The van der Waals surface area contributed by atoms with Crippen LogP contribution in [0.5, 0.6) is 0 Å². The average Bonchev–Trinajstić information content (AvgIpc) is 3.24. The van der Waals surface area contributed by atoms with Crippen LogP contribution >= 0.6 is 0 Å². The van der Waals surface area contributed by atoms with E-state index in [1.54, 1.807) is 6.08 Å². The van der Waals surface area contributed by atoms with Gasteiger partial charge in [-0.05, 0) is 51.7 Å². The Bertz CT molecular complexity index is 681. The van der Waals surface area contributed by atoms with Crippen LogP contribution in [-0.2, 0) is 14.3 Å². The quantitative estimate of drug-likeness (QED) is 0.793. The SMILES string of the molecule is C[C@@H](c1ccccc1)N1CC(C2(C(=O)OC(C)(C)C)CC2)=CC1=O. The van der Waals surface area contributed by atoms with Gasteiger partial charge in [-0.25, -0.2) is 0 Å². The summed E-state index contributed by atoms with van der Waals surface area (Å²) in [5.74, 6) is -0.209. The van der Waals surface area contributed by atoms with E-state index < -0.39 is 11.0 Å². The van der Waals surface area contributed by atoms with Crippen molar-refractivity contribution in [1.82, 2.24) is 4.90 Å². The van der Waals surface area contributed by atoms with Crippen molar-refractivity contribution in [2.75, 3.05) is 6.54 Å². The van der Waals surface area contributed by atoms with Crippen molar-refractivity contribution in [2.24, 2.45) is 5.41 Å². The van der Waals surface area contributed by atoms with Gasteiger partial charge in [0.2, 0.25) is 5.91 Å². The first-order valence-electron chi connectivity index (χ1n) is 8.53. The molecule has 0 spiro atoms. The predicted molar refractivity (Wildman–Crippen MR) is 92.2 cm³/mol. The molecule has 0 radical (unpaired) electrons. The maximum atomic E-state index is 12.6. The zero-order chi connectivity index (χ0) is 17.5. The standard InChI is InChI=1S/C20H25NO3/c1-14(15-8-6-5-7-9-15)21-13-16(12-17(21)22)20(10-11-20)18(23)24-19(2,3)4/h5-9,12,14H,10-11,13H2,1-4H3/t14-/m0/s1. The first kappa shape index (κ1) is 16.7. The lowest BCUT2D eigenvalue weighted by Crippen LogP contribution is -2.33.